The van der Waals surface area contributed by atoms with Gasteiger partial charge < -0.3 is 4.74 Å². The molecule has 2 fully saturated rings. The highest BCUT2D eigenvalue weighted by Gasteiger charge is 2.30. The molecule has 0 aromatic heterocycles. The molecule has 2 saturated carbocycles. The van der Waals surface area contributed by atoms with Gasteiger partial charge in [0.1, 0.15) is 0 Å². The first kappa shape index (κ1) is 15.8. The summed E-state index contributed by atoms with van der Waals surface area (Å²) in [6.45, 7) is 7.53. The molecule has 0 aromatic rings. The number of ether oxygens (including phenoxy) is 1. The van der Waals surface area contributed by atoms with Crippen LogP contribution in [0.5, 0.6) is 0 Å². The maximum atomic E-state index is 5.62. The molecule has 0 N–H and O–H groups in total. The van der Waals surface area contributed by atoms with Crippen molar-refractivity contribution in [3.05, 3.63) is 24.8 Å². The summed E-state index contributed by atoms with van der Waals surface area (Å²) in [6, 6.07) is 0. The van der Waals surface area contributed by atoms with Gasteiger partial charge in [0.15, 0.2) is 0 Å². The van der Waals surface area contributed by atoms with Gasteiger partial charge in [0.25, 0.3) is 0 Å². The SMILES string of the molecule is C=CCOC[C@H]1CC[C@H]([C@H]2CC[C@H](C=CC)CC2)CC1. The second kappa shape index (κ2) is 8.67. The van der Waals surface area contributed by atoms with Crippen LogP contribution in [0.1, 0.15) is 58.3 Å². The molecule has 0 bridgehead atoms. The first-order chi connectivity index (χ1) is 9.83. The first-order valence-electron chi connectivity index (χ1n) is 8.65. The number of rotatable bonds is 6. The zero-order chi connectivity index (χ0) is 14.2. The summed E-state index contributed by atoms with van der Waals surface area (Å²) in [5, 5.41) is 0. The van der Waals surface area contributed by atoms with Gasteiger partial charge in [-0.3, -0.25) is 0 Å². The Morgan fingerprint density at radius 1 is 0.950 bits per heavy atom. The second-order valence-corrected chi connectivity index (χ2v) is 6.81. The van der Waals surface area contributed by atoms with E-state index >= 15 is 0 Å². The van der Waals surface area contributed by atoms with Crippen LogP contribution in [0.2, 0.25) is 0 Å². The van der Waals surface area contributed by atoms with E-state index in [0.717, 1.165) is 36.9 Å². The third-order valence-corrected chi connectivity index (χ3v) is 5.43. The molecule has 2 aliphatic rings. The van der Waals surface area contributed by atoms with Crippen molar-refractivity contribution < 1.29 is 4.74 Å². The first-order valence-corrected chi connectivity index (χ1v) is 8.65. The van der Waals surface area contributed by atoms with Gasteiger partial charge in [0.2, 0.25) is 0 Å². The molecule has 20 heavy (non-hydrogen) atoms. The third kappa shape index (κ3) is 4.77. The summed E-state index contributed by atoms with van der Waals surface area (Å²) in [4.78, 5) is 0. The molecule has 1 nitrogen and oxygen atoms in total. The van der Waals surface area contributed by atoms with Crippen molar-refractivity contribution in [3.63, 3.8) is 0 Å². The maximum Gasteiger partial charge on any atom is 0.0644 e. The van der Waals surface area contributed by atoms with Crippen molar-refractivity contribution in [2.75, 3.05) is 13.2 Å². The molecule has 0 atom stereocenters. The minimum Gasteiger partial charge on any atom is -0.377 e. The summed E-state index contributed by atoms with van der Waals surface area (Å²) in [6.07, 6.45) is 18.0. The lowest BCUT2D eigenvalue weighted by molar-refractivity contribution is 0.0800. The van der Waals surface area contributed by atoms with E-state index < -0.39 is 0 Å². The van der Waals surface area contributed by atoms with Gasteiger partial charge in [0, 0.05) is 6.61 Å². The Hall–Kier alpha value is -0.560. The third-order valence-electron chi connectivity index (χ3n) is 5.43. The van der Waals surface area contributed by atoms with Gasteiger partial charge in [-0.2, -0.15) is 0 Å². The molecule has 0 amide bonds. The molecule has 1 heteroatoms. The molecular formula is C19H32O. The predicted molar refractivity (Wildman–Crippen MR) is 86.7 cm³/mol. The Morgan fingerprint density at radius 3 is 2.10 bits per heavy atom. The van der Waals surface area contributed by atoms with Crippen molar-refractivity contribution in [2.24, 2.45) is 23.7 Å². The van der Waals surface area contributed by atoms with Crippen LogP contribution in [-0.2, 0) is 4.74 Å². The molecule has 0 aliphatic heterocycles. The van der Waals surface area contributed by atoms with Crippen LogP contribution < -0.4 is 0 Å². The lowest BCUT2D eigenvalue weighted by atomic mass is 9.69. The minimum atomic E-state index is 0.717. The monoisotopic (exact) mass is 276 g/mol. The Labute approximate surface area is 125 Å². The van der Waals surface area contributed by atoms with E-state index in [-0.39, 0.29) is 0 Å². The largest absolute Gasteiger partial charge is 0.377 e. The van der Waals surface area contributed by atoms with Crippen molar-refractivity contribution in [3.8, 4) is 0 Å². The van der Waals surface area contributed by atoms with Gasteiger partial charge >= 0.3 is 0 Å². The minimum absolute atomic E-state index is 0.717. The Balaban J connectivity index is 1.65. The highest BCUT2D eigenvalue weighted by atomic mass is 16.5. The van der Waals surface area contributed by atoms with E-state index in [1.54, 1.807) is 0 Å². The molecule has 2 aliphatic carbocycles. The van der Waals surface area contributed by atoms with Crippen LogP contribution in [0, 0.1) is 23.7 Å². The average molecular weight is 276 g/mol. The summed E-state index contributed by atoms with van der Waals surface area (Å²) >= 11 is 0. The van der Waals surface area contributed by atoms with Crippen molar-refractivity contribution in [2.45, 2.75) is 58.3 Å². The van der Waals surface area contributed by atoms with Crippen LogP contribution in [0.3, 0.4) is 0 Å². The fourth-order valence-corrected chi connectivity index (χ4v) is 4.23. The molecule has 0 unspecified atom stereocenters. The normalized spacial score (nSPS) is 35.2. The summed E-state index contributed by atoms with van der Waals surface area (Å²) < 4.78 is 5.62. The van der Waals surface area contributed by atoms with Crippen LogP contribution in [-0.4, -0.2) is 13.2 Å². The highest BCUT2D eigenvalue weighted by Crippen LogP contribution is 2.41. The Kier molecular flexibility index (Phi) is 6.86. The standard InChI is InChI=1S/C19H32O/c1-3-5-16-6-10-18(11-7-16)19-12-8-17(9-13-19)15-20-14-4-2/h3-5,16-19H,2,6-15H2,1H3/t16-,17-,18-,19-. The van der Waals surface area contributed by atoms with Crippen LogP contribution in [0.15, 0.2) is 24.8 Å². The number of hydrogen-bond acceptors (Lipinski definition) is 1. The fraction of sp³-hybridized carbons (Fsp3) is 0.789. The van der Waals surface area contributed by atoms with Crippen LogP contribution in [0.25, 0.3) is 0 Å². The average Bonchev–Trinajstić information content (AvgIpc) is 2.49. The molecule has 0 spiro atoms. The molecule has 0 saturated heterocycles. The smallest absolute Gasteiger partial charge is 0.0644 e. The fourth-order valence-electron chi connectivity index (χ4n) is 4.23. The maximum absolute atomic E-state index is 5.62. The van der Waals surface area contributed by atoms with Gasteiger partial charge in [-0.1, -0.05) is 18.2 Å². The topological polar surface area (TPSA) is 9.23 Å². The van der Waals surface area contributed by atoms with Crippen molar-refractivity contribution in [1.29, 1.82) is 0 Å². The molecule has 114 valence electrons. The van der Waals surface area contributed by atoms with E-state index in [1.807, 2.05) is 6.08 Å². The van der Waals surface area contributed by atoms with Crippen LogP contribution >= 0.6 is 0 Å². The lowest BCUT2D eigenvalue weighted by Crippen LogP contribution is -2.26. The van der Waals surface area contributed by atoms with Crippen molar-refractivity contribution >= 4 is 0 Å². The molecular weight excluding hydrogens is 244 g/mol. The summed E-state index contributed by atoms with van der Waals surface area (Å²) in [7, 11) is 0. The summed E-state index contributed by atoms with van der Waals surface area (Å²) in [5.41, 5.74) is 0. The Bertz CT molecular complexity index is 291. The molecule has 0 radical (unpaired) electrons. The van der Waals surface area contributed by atoms with Gasteiger partial charge in [-0.05, 0) is 82.0 Å². The highest BCUT2D eigenvalue weighted by molar-refractivity contribution is 4.90. The van der Waals surface area contributed by atoms with Crippen molar-refractivity contribution in [1.82, 2.24) is 0 Å². The number of hydrogen-bond donors (Lipinski definition) is 0. The Morgan fingerprint density at radius 2 is 1.55 bits per heavy atom. The summed E-state index contributed by atoms with van der Waals surface area (Å²) in [5.74, 6) is 3.72. The van der Waals surface area contributed by atoms with E-state index in [0.29, 0.717) is 0 Å². The van der Waals surface area contributed by atoms with E-state index in [2.05, 4.69) is 25.7 Å². The van der Waals surface area contributed by atoms with Gasteiger partial charge in [-0.15, -0.1) is 6.58 Å². The zero-order valence-corrected chi connectivity index (χ0v) is 13.2. The van der Waals surface area contributed by atoms with Gasteiger partial charge in [-0.25, -0.2) is 0 Å². The zero-order valence-electron chi connectivity index (χ0n) is 13.2. The molecule has 0 heterocycles. The van der Waals surface area contributed by atoms with Crippen LogP contribution in [0.4, 0.5) is 0 Å². The van der Waals surface area contributed by atoms with Gasteiger partial charge in [0.05, 0.1) is 6.61 Å². The van der Waals surface area contributed by atoms with E-state index in [4.69, 9.17) is 4.74 Å². The van der Waals surface area contributed by atoms with E-state index in [9.17, 15) is 0 Å². The molecule has 2 rings (SSSR count). The quantitative estimate of drug-likeness (QED) is 0.467. The van der Waals surface area contributed by atoms with E-state index in [1.165, 1.54) is 51.4 Å². The number of allylic oxidation sites excluding steroid dienone is 2. The predicted octanol–water partition coefficient (Wildman–Crippen LogP) is 5.38. The second-order valence-electron chi connectivity index (χ2n) is 6.81. The molecule has 0 aromatic carbocycles. The lowest BCUT2D eigenvalue weighted by Gasteiger charge is -2.37.